The number of benzene rings is 1. The molecule has 1 saturated carbocycles. The molecule has 1 atom stereocenters. The summed E-state index contributed by atoms with van der Waals surface area (Å²) in [5, 5.41) is 0.135. The Bertz CT molecular complexity index is 520. The van der Waals surface area contributed by atoms with Crippen molar-refractivity contribution in [1.82, 2.24) is 0 Å². The van der Waals surface area contributed by atoms with Gasteiger partial charge in [0, 0.05) is 11.6 Å². The predicted octanol–water partition coefficient (Wildman–Crippen LogP) is 5.15. The van der Waals surface area contributed by atoms with Crippen LogP contribution in [0.5, 0.6) is 0 Å². The molecule has 0 radical (unpaired) electrons. The molecule has 0 aliphatic heterocycles. The smallest absolute Gasteiger partial charge is 0.192 e. The SMILES string of the molecule is CC(C)(C)[Si](C)(C)OCc1ccc(C(N)CC2CC2)cc1F. The Kier molecular flexibility index (Phi) is 5.15. The molecule has 1 aliphatic carbocycles. The van der Waals surface area contributed by atoms with Crippen LogP contribution in [0.3, 0.4) is 0 Å². The highest BCUT2D eigenvalue weighted by molar-refractivity contribution is 6.74. The molecule has 0 spiro atoms. The average Bonchev–Trinajstić information content (AvgIpc) is 3.19. The minimum atomic E-state index is -1.85. The molecular formula is C18H30FNOSi. The van der Waals surface area contributed by atoms with E-state index in [2.05, 4.69) is 33.9 Å². The van der Waals surface area contributed by atoms with Gasteiger partial charge in [0.2, 0.25) is 0 Å². The largest absolute Gasteiger partial charge is 0.412 e. The summed E-state index contributed by atoms with van der Waals surface area (Å²) in [7, 11) is -1.85. The van der Waals surface area contributed by atoms with E-state index in [-0.39, 0.29) is 16.9 Å². The van der Waals surface area contributed by atoms with E-state index in [9.17, 15) is 4.39 Å². The van der Waals surface area contributed by atoms with Crippen molar-refractivity contribution in [2.75, 3.05) is 0 Å². The Balaban J connectivity index is 2.00. The van der Waals surface area contributed by atoms with Gasteiger partial charge in [-0.05, 0) is 42.1 Å². The molecule has 0 aromatic heterocycles. The number of rotatable bonds is 6. The second kappa shape index (κ2) is 6.42. The van der Waals surface area contributed by atoms with Gasteiger partial charge in [-0.25, -0.2) is 4.39 Å². The van der Waals surface area contributed by atoms with Crippen molar-refractivity contribution in [2.45, 2.75) is 70.8 Å². The zero-order valence-electron chi connectivity index (χ0n) is 14.6. The van der Waals surface area contributed by atoms with Gasteiger partial charge in [-0.15, -0.1) is 0 Å². The highest BCUT2D eigenvalue weighted by Gasteiger charge is 2.37. The Hall–Kier alpha value is -0.713. The molecule has 2 nitrogen and oxygen atoms in total. The van der Waals surface area contributed by atoms with Crippen molar-refractivity contribution in [3.63, 3.8) is 0 Å². The third-order valence-corrected chi connectivity index (χ3v) is 9.66. The molecule has 4 heteroatoms. The zero-order chi connectivity index (χ0) is 16.5. The van der Waals surface area contributed by atoms with Crippen LogP contribution >= 0.6 is 0 Å². The van der Waals surface area contributed by atoms with Crippen molar-refractivity contribution >= 4 is 8.32 Å². The lowest BCUT2D eigenvalue weighted by atomic mass is 10.0. The molecule has 1 aromatic carbocycles. The van der Waals surface area contributed by atoms with Crippen molar-refractivity contribution in [3.8, 4) is 0 Å². The average molecular weight is 324 g/mol. The van der Waals surface area contributed by atoms with Gasteiger partial charge in [0.05, 0.1) is 6.61 Å². The first-order valence-electron chi connectivity index (χ1n) is 8.28. The summed E-state index contributed by atoms with van der Waals surface area (Å²) in [5.74, 6) is 0.558. The number of halogens is 1. The molecule has 0 saturated heterocycles. The first-order chi connectivity index (χ1) is 10.1. The fourth-order valence-electron chi connectivity index (χ4n) is 2.23. The summed E-state index contributed by atoms with van der Waals surface area (Å²) in [5.41, 5.74) is 7.70. The summed E-state index contributed by atoms with van der Waals surface area (Å²) in [6.45, 7) is 11.3. The van der Waals surface area contributed by atoms with Crippen molar-refractivity contribution < 1.29 is 8.82 Å². The third-order valence-electron chi connectivity index (χ3n) is 5.18. The van der Waals surface area contributed by atoms with E-state index in [1.54, 1.807) is 6.07 Å². The fraction of sp³-hybridized carbons (Fsp3) is 0.667. The maximum Gasteiger partial charge on any atom is 0.192 e. The fourth-order valence-corrected chi connectivity index (χ4v) is 3.18. The van der Waals surface area contributed by atoms with Crippen molar-refractivity contribution in [3.05, 3.63) is 35.1 Å². The topological polar surface area (TPSA) is 35.2 Å². The lowest BCUT2D eigenvalue weighted by Gasteiger charge is -2.36. The molecule has 1 unspecified atom stereocenters. The van der Waals surface area contributed by atoms with Crippen LogP contribution < -0.4 is 5.73 Å². The van der Waals surface area contributed by atoms with E-state index in [4.69, 9.17) is 10.2 Å². The first-order valence-corrected chi connectivity index (χ1v) is 11.2. The summed E-state index contributed by atoms with van der Waals surface area (Å²) >= 11 is 0. The van der Waals surface area contributed by atoms with Gasteiger partial charge in [0.25, 0.3) is 0 Å². The summed E-state index contributed by atoms with van der Waals surface area (Å²) in [4.78, 5) is 0. The number of hydrogen-bond donors (Lipinski definition) is 1. The van der Waals surface area contributed by atoms with Crippen LogP contribution in [-0.2, 0) is 11.0 Å². The van der Waals surface area contributed by atoms with E-state index in [1.165, 1.54) is 12.8 Å². The van der Waals surface area contributed by atoms with Crippen LogP contribution in [0.15, 0.2) is 18.2 Å². The van der Waals surface area contributed by atoms with Crippen LogP contribution in [0.2, 0.25) is 18.1 Å². The van der Waals surface area contributed by atoms with Gasteiger partial charge < -0.3 is 10.2 Å². The molecule has 22 heavy (non-hydrogen) atoms. The van der Waals surface area contributed by atoms with Gasteiger partial charge in [-0.2, -0.15) is 0 Å². The van der Waals surface area contributed by atoms with E-state index < -0.39 is 8.32 Å². The maximum atomic E-state index is 14.3. The Labute approximate surface area is 135 Å². The highest BCUT2D eigenvalue weighted by atomic mass is 28.4. The van der Waals surface area contributed by atoms with E-state index in [0.717, 1.165) is 17.9 Å². The van der Waals surface area contributed by atoms with Gasteiger partial charge in [0.1, 0.15) is 5.82 Å². The lowest BCUT2D eigenvalue weighted by molar-refractivity contribution is 0.271. The van der Waals surface area contributed by atoms with E-state index in [1.807, 2.05) is 12.1 Å². The van der Waals surface area contributed by atoms with Crippen molar-refractivity contribution in [2.24, 2.45) is 11.7 Å². The van der Waals surface area contributed by atoms with Crippen LogP contribution in [0, 0.1) is 11.7 Å². The van der Waals surface area contributed by atoms with E-state index >= 15 is 0 Å². The molecule has 2 N–H and O–H groups in total. The molecule has 1 aliphatic rings. The third kappa shape index (κ3) is 4.40. The standard InChI is InChI=1S/C18H30FNOSi/c1-18(2,3)22(4,5)21-12-15-9-8-14(11-16(15)19)17(20)10-13-6-7-13/h8-9,11,13,17H,6-7,10,12,20H2,1-5H3. The van der Waals surface area contributed by atoms with Gasteiger partial charge >= 0.3 is 0 Å². The van der Waals surface area contributed by atoms with Crippen LogP contribution in [0.4, 0.5) is 4.39 Å². The number of nitrogens with two attached hydrogens (primary N) is 1. The summed E-state index contributed by atoms with van der Waals surface area (Å²) < 4.78 is 20.4. The second-order valence-electron chi connectivity index (χ2n) is 8.19. The molecule has 2 rings (SSSR count). The Morgan fingerprint density at radius 1 is 1.32 bits per heavy atom. The molecular weight excluding hydrogens is 293 g/mol. The first kappa shape index (κ1) is 17.6. The molecule has 1 aromatic rings. The van der Waals surface area contributed by atoms with Gasteiger partial charge in [0.15, 0.2) is 8.32 Å². The molecule has 0 heterocycles. The minimum Gasteiger partial charge on any atom is -0.412 e. The van der Waals surface area contributed by atoms with Gasteiger partial charge in [-0.3, -0.25) is 0 Å². The lowest BCUT2D eigenvalue weighted by Crippen LogP contribution is -2.40. The molecule has 1 fully saturated rings. The van der Waals surface area contributed by atoms with Crippen LogP contribution in [0.25, 0.3) is 0 Å². The second-order valence-corrected chi connectivity index (χ2v) is 13.0. The zero-order valence-corrected chi connectivity index (χ0v) is 15.6. The summed E-state index contributed by atoms with van der Waals surface area (Å²) in [6, 6.07) is 5.35. The van der Waals surface area contributed by atoms with Gasteiger partial charge in [-0.1, -0.05) is 45.7 Å². The highest BCUT2D eigenvalue weighted by Crippen LogP contribution is 2.38. The normalized spacial score (nSPS) is 17.6. The van der Waals surface area contributed by atoms with Crippen LogP contribution in [-0.4, -0.2) is 8.32 Å². The van der Waals surface area contributed by atoms with Crippen molar-refractivity contribution in [1.29, 1.82) is 0 Å². The predicted molar refractivity (Wildman–Crippen MR) is 92.7 cm³/mol. The Morgan fingerprint density at radius 2 is 1.95 bits per heavy atom. The number of hydrogen-bond acceptors (Lipinski definition) is 2. The Morgan fingerprint density at radius 3 is 2.45 bits per heavy atom. The quantitative estimate of drug-likeness (QED) is 0.735. The molecule has 0 amide bonds. The summed E-state index contributed by atoms with van der Waals surface area (Å²) in [6.07, 6.45) is 3.52. The van der Waals surface area contributed by atoms with Crippen LogP contribution in [0.1, 0.15) is 57.2 Å². The minimum absolute atomic E-state index is 0.0441. The monoisotopic (exact) mass is 323 g/mol. The van der Waals surface area contributed by atoms with E-state index in [0.29, 0.717) is 12.2 Å². The molecule has 124 valence electrons. The maximum absolute atomic E-state index is 14.3. The molecule has 0 bridgehead atoms.